The van der Waals surface area contributed by atoms with Crippen molar-refractivity contribution in [2.45, 2.75) is 45.9 Å². The molecule has 0 radical (unpaired) electrons. The number of amides is 1. The lowest BCUT2D eigenvalue weighted by Gasteiger charge is -2.21. The molecule has 6 heteroatoms. The van der Waals surface area contributed by atoms with E-state index in [0.717, 1.165) is 0 Å². The van der Waals surface area contributed by atoms with Crippen molar-refractivity contribution in [1.82, 2.24) is 15.1 Å². The van der Waals surface area contributed by atoms with Crippen molar-refractivity contribution in [1.29, 1.82) is 0 Å². The van der Waals surface area contributed by atoms with Crippen LogP contribution in [-0.4, -0.2) is 27.8 Å². The number of hydrogen-bond donors (Lipinski definition) is 1. The second kappa shape index (κ2) is 5.66. The molecule has 0 saturated carbocycles. The van der Waals surface area contributed by atoms with Crippen molar-refractivity contribution in [3.63, 3.8) is 0 Å². The number of nitrogens with one attached hydrogen (secondary N) is 1. The molecule has 1 aromatic heterocycles. The topological polar surface area (TPSA) is 73.2 Å². The summed E-state index contributed by atoms with van der Waals surface area (Å²) in [6, 6.07) is -0.736. The zero-order chi connectivity index (χ0) is 13.8. The van der Waals surface area contributed by atoms with Gasteiger partial charge in [0.15, 0.2) is 0 Å². The predicted octanol–water partition coefficient (Wildman–Crippen LogP) is 1.67. The van der Waals surface area contributed by atoms with E-state index in [0.29, 0.717) is 18.4 Å². The van der Waals surface area contributed by atoms with Crippen molar-refractivity contribution in [3.05, 3.63) is 18.0 Å². The number of ether oxygens (including phenoxy) is 1. The number of aryl methyl sites for hydroxylation is 1. The molecule has 1 atom stereocenters. The Morgan fingerprint density at radius 3 is 2.72 bits per heavy atom. The van der Waals surface area contributed by atoms with Gasteiger partial charge in [0.25, 0.3) is 0 Å². The highest BCUT2D eigenvalue weighted by Crippen LogP contribution is 2.12. The first-order chi connectivity index (χ1) is 8.35. The first-order valence-electron chi connectivity index (χ1n) is 5.83. The van der Waals surface area contributed by atoms with Gasteiger partial charge in [0, 0.05) is 18.3 Å². The second-order valence-electron chi connectivity index (χ2n) is 4.89. The molecule has 0 aliphatic heterocycles. The molecule has 0 bridgehead atoms. The van der Waals surface area contributed by atoms with Crippen LogP contribution in [0.5, 0.6) is 0 Å². The number of alkyl carbamates (subject to hydrolysis) is 1. The average Bonchev–Trinajstić information content (AvgIpc) is 2.71. The molecule has 1 aromatic rings. The third-order valence-corrected chi connectivity index (χ3v) is 2.14. The highest BCUT2D eigenvalue weighted by atomic mass is 16.6. The van der Waals surface area contributed by atoms with Gasteiger partial charge in [-0.3, -0.25) is 4.68 Å². The summed E-state index contributed by atoms with van der Waals surface area (Å²) in [6.45, 7) is 7.93. The number of aromatic nitrogens is 2. The zero-order valence-corrected chi connectivity index (χ0v) is 11.1. The van der Waals surface area contributed by atoms with Gasteiger partial charge in [-0.05, 0) is 27.7 Å². The molecular formula is C12H19N3O3. The minimum atomic E-state index is -0.736. The van der Waals surface area contributed by atoms with Crippen molar-refractivity contribution >= 4 is 12.4 Å². The molecule has 6 nitrogen and oxygen atoms in total. The highest BCUT2D eigenvalue weighted by molar-refractivity contribution is 5.74. The van der Waals surface area contributed by atoms with Gasteiger partial charge in [-0.1, -0.05) is 0 Å². The lowest BCUT2D eigenvalue weighted by molar-refractivity contribution is -0.109. The molecule has 1 amide bonds. The molecule has 0 aliphatic rings. The van der Waals surface area contributed by atoms with Crippen molar-refractivity contribution in [3.8, 4) is 0 Å². The number of rotatable bonds is 4. The van der Waals surface area contributed by atoms with Crippen molar-refractivity contribution < 1.29 is 14.3 Å². The van der Waals surface area contributed by atoms with E-state index in [2.05, 4.69) is 10.4 Å². The van der Waals surface area contributed by atoms with E-state index in [-0.39, 0.29) is 0 Å². The Labute approximate surface area is 106 Å². The standard InChI is InChI=1S/C12H19N3O3/c1-5-15-7-9(6-13-15)10(8-16)14-11(17)18-12(2,3)4/h6-8,10H,5H2,1-4H3,(H,14,17). The van der Waals surface area contributed by atoms with Gasteiger partial charge in [0.2, 0.25) is 0 Å². The summed E-state index contributed by atoms with van der Waals surface area (Å²) in [7, 11) is 0. The van der Waals surface area contributed by atoms with Gasteiger partial charge in [-0.15, -0.1) is 0 Å². The van der Waals surface area contributed by atoms with Crippen LogP contribution >= 0.6 is 0 Å². The fourth-order valence-electron chi connectivity index (χ4n) is 1.34. The molecule has 100 valence electrons. The molecule has 1 rings (SSSR count). The molecule has 0 fully saturated rings. The Kier molecular flexibility index (Phi) is 4.47. The number of nitrogens with zero attached hydrogens (tertiary/aromatic N) is 2. The Bertz CT molecular complexity index is 420. The van der Waals surface area contributed by atoms with Crippen LogP contribution in [-0.2, 0) is 16.1 Å². The zero-order valence-electron chi connectivity index (χ0n) is 11.1. The van der Waals surface area contributed by atoms with Gasteiger partial charge < -0.3 is 14.8 Å². The van der Waals surface area contributed by atoms with Crippen LogP contribution in [0.4, 0.5) is 4.79 Å². The van der Waals surface area contributed by atoms with Gasteiger partial charge in [-0.25, -0.2) is 4.79 Å². The van der Waals surface area contributed by atoms with Crippen molar-refractivity contribution in [2.75, 3.05) is 0 Å². The summed E-state index contributed by atoms with van der Waals surface area (Å²) in [4.78, 5) is 22.6. The summed E-state index contributed by atoms with van der Waals surface area (Å²) in [6.07, 6.45) is 3.31. The van der Waals surface area contributed by atoms with Crippen LogP contribution in [0.2, 0.25) is 0 Å². The monoisotopic (exact) mass is 253 g/mol. The summed E-state index contributed by atoms with van der Waals surface area (Å²) in [5.74, 6) is 0. The smallest absolute Gasteiger partial charge is 0.408 e. The number of hydrogen-bond acceptors (Lipinski definition) is 4. The largest absolute Gasteiger partial charge is 0.444 e. The number of carbonyl (C=O) groups is 2. The lowest BCUT2D eigenvalue weighted by Crippen LogP contribution is -2.35. The molecule has 0 aliphatic carbocycles. The molecule has 0 aromatic carbocycles. The van der Waals surface area contributed by atoms with E-state index in [1.807, 2.05) is 6.92 Å². The normalized spacial score (nSPS) is 12.9. The van der Waals surface area contributed by atoms with E-state index < -0.39 is 17.7 Å². The molecule has 1 N–H and O–H groups in total. The summed E-state index contributed by atoms with van der Waals surface area (Å²) in [5, 5.41) is 6.55. The number of aldehydes is 1. The Morgan fingerprint density at radius 1 is 1.61 bits per heavy atom. The Morgan fingerprint density at radius 2 is 2.28 bits per heavy atom. The minimum absolute atomic E-state index is 0.592. The van der Waals surface area contributed by atoms with Crippen LogP contribution in [0.1, 0.15) is 39.3 Å². The fraction of sp³-hybridized carbons (Fsp3) is 0.583. The molecule has 0 saturated heterocycles. The summed E-state index contributed by atoms with van der Waals surface area (Å²) < 4.78 is 6.77. The molecule has 0 spiro atoms. The molecule has 1 unspecified atom stereocenters. The molecular weight excluding hydrogens is 234 g/mol. The SMILES string of the molecule is CCn1cc(C(C=O)NC(=O)OC(C)(C)C)cn1. The van der Waals surface area contributed by atoms with Crippen LogP contribution in [0.3, 0.4) is 0 Å². The van der Waals surface area contributed by atoms with Crippen LogP contribution in [0.25, 0.3) is 0 Å². The summed E-state index contributed by atoms with van der Waals surface area (Å²) in [5.41, 5.74) is 0.0446. The first kappa shape index (κ1) is 14.2. The van der Waals surface area contributed by atoms with Gasteiger partial charge >= 0.3 is 6.09 Å². The second-order valence-corrected chi connectivity index (χ2v) is 4.89. The van der Waals surface area contributed by atoms with E-state index in [1.54, 1.807) is 37.8 Å². The van der Waals surface area contributed by atoms with Crippen molar-refractivity contribution in [2.24, 2.45) is 0 Å². The van der Waals surface area contributed by atoms with Gasteiger partial charge in [0.1, 0.15) is 17.9 Å². The fourth-order valence-corrected chi connectivity index (χ4v) is 1.34. The van der Waals surface area contributed by atoms with E-state index in [1.165, 1.54) is 0 Å². The number of carbonyl (C=O) groups excluding carboxylic acids is 2. The average molecular weight is 253 g/mol. The van der Waals surface area contributed by atoms with Gasteiger partial charge in [-0.2, -0.15) is 5.10 Å². The van der Waals surface area contributed by atoms with E-state index in [9.17, 15) is 9.59 Å². The maximum atomic E-state index is 11.6. The third kappa shape index (κ3) is 4.20. The first-order valence-corrected chi connectivity index (χ1v) is 5.83. The third-order valence-electron chi connectivity index (χ3n) is 2.14. The van der Waals surface area contributed by atoms with Gasteiger partial charge in [0.05, 0.1) is 6.20 Å². The quantitative estimate of drug-likeness (QED) is 0.828. The van der Waals surface area contributed by atoms with Crippen LogP contribution in [0, 0.1) is 0 Å². The van der Waals surface area contributed by atoms with Crippen LogP contribution in [0.15, 0.2) is 12.4 Å². The van der Waals surface area contributed by atoms with E-state index >= 15 is 0 Å². The summed E-state index contributed by atoms with van der Waals surface area (Å²) >= 11 is 0. The van der Waals surface area contributed by atoms with E-state index in [4.69, 9.17) is 4.74 Å². The minimum Gasteiger partial charge on any atom is -0.444 e. The maximum Gasteiger partial charge on any atom is 0.408 e. The molecule has 1 heterocycles. The molecule has 18 heavy (non-hydrogen) atoms. The Balaban J connectivity index is 2.67. The van der Waals surface area contributed by atoms with Crippen LogP contribution < -0.4 is 5.32 Å². The predicted molar refractivity (Wildman–Crippen MR) is 66.1 cm³/mol. The maximum absolute atomic E-state index is 11.6. The Hall–Kier alpha value is -1.85. The highest BCUT2D eigenvalue weighted by Gasteiger charge is 2.20. The lowest BCUT2D eigenvalue weighted by atomic mass is 10.2.